The summed E-state index contributed by atoms with van der Waals surface area (Å²) in [4.78, 5) is 241. The van der Waals surface area contributed by atoms with Crippen molar-refractivity contribution < 1.29 is 81.8 Å². The Morgan fingerprint density at radius 3 is 0.831 bits per heavy atom. The van der Waals surface area contributed by atoms with Gasteiger partial charge in [0.1, 0.15) is 84.6 Å². The predicted octanol–water partition coefficient (Wildman–Crippen LogP) is 4.37. The van der Waals surface area contributed by atoms with Crippen molar-refractivity contribution in [1.82, 2.24) is 105 Å². The normalized spacial score (nSPS) is 14.8. The molecule has 8 rings (SSSR count). The van der Waals surface area contributed by atoms with Gasteiger partial charge in [0.15, 0.2) is 0 Å². The van der Waals surface area contributed by atoms with Gasteiger partial charge in [-0.2, -0.15) is 0 Å². The first kappa shape index (κ1) is 108. The standard InChI is InChI=1S/C99H140N20O17/c1-51(2)37-73(109-86(123)59(17)107-81(122)49-105-96(133)82(55(9)10)106-50-121)89(126)108-60(18)87(124)117-84(57(13)14)98(135)119-85(58(15)16)99(136)118-83(56(11)12)97(134)116-80(44-64-48-104-72-34-26-22-30-68(64)72)95(132)112-76(40-54(7)8)92(129)115-79(43-63-47-103-71-33-25-21-29-67(63)71)94(131)111-75(39-53(5)6)91(128)114-78(42-62-46-102-70-32-24-20-28-66(62)70)93(130)110-74(38-52(3)4)90(127)113-77(88(125)100-35-36-120)41-61-45-101-69-31-23-19-27-65(61)69/h19-34,45-48,50-60,73-80,82-85,101-104,120H,35-44,49H2,1-18H3,(H,100,125)(H,105,133)(H,106,121)(H,107,122)(H,108,126)(H,109,123)(H,110,130)(H,111,131)(H,112,132)(H,113,127)(H,114,128)(H,115,129)(H,116,134)(H,117,124)(H,118,136)(H,119,135). The molecule has 14 unspecified atom stereocenters. The van der Waals surface area contributed by atoms with E-state index in [0.29, 0.717) is 44.9 Å². The number of rotatable bonds is 53. The molecule has 0 saturated heterocycles. The molecule has 14 atom stereocenters. The Kier molecular flexibility index (Phi) is 40.7. The number of H-pyrrole nitrogens is 4. The first-order chi connectivity index (χ1) is 64.4. The lowest BCUT2D eigenvalue weighted by atomic mass is 9.97. The maximum absolute atomic E-state index is 15.6. The van der Waals surface area contributed by atoms with Crippen LogP contribution in [0.4, 0.5) is 0 Å². The summed E-state index contributed by atoms with van der Waals surface area (Å²) in [5, 5.41) is 56.5. The molecule has 37 heteroatoms. The fourth-order valence-electron chi connectivity index (χ4n) is 16.3. The van der Waals surface area contributed by atoms with Gasteiger partial charge in [-0.25, -0.2) is 0 Å². The highest BCUT2D eigenvalue weighted by molar-refractivity contribution is 6.02. The first-order valence-corrected chi connectivity index (χ1v) is 47.0. The predicted molar refractivity (Wildman–Crippen MR) is 518 cm³/mol. The summed E-state index contributed by atoms with van der Waals surface area (Å²) >= 11 is 0. The Hall–Kier alpha value is -13.5. The molecule has 8 aromatic rings. The van der Waals surface area contributed by atoms with E-state index in [1.807, 2.05) is 133 Å². The summed E-state index contributed by atoms with van der Waals surface area (Å²) in [5.74, 6) is -14.6. The van der Waals surface area contributed by atoms with Crippen molar-refractivity contribution in [3.05, 3.63) is 144 Å². The zero-order valence-electron chi connectivity index (χ0n) is 81.1. The number of carbonyl (C=O) groups is 16. The molecular formula is C99H140N20O17. The highest BCUT2D eigenvalue weighted by Crippen LogP contribution is 2.26. The van der Waals surface area contributed by atoms with Crippen LogP contribution in [0.1, 0.15) is 173 Å². The lowest BCUT2D eigenvalue weighted by molar-refractivity contribution is -0.137. The molecule has 0 bridgehead atoms. The summed E-state index contributed by atoms with van der Waals surface area (Å²) in [6.45, 7) is 29.7. The minimum absolute atomic E-state index is 0.0108. The number of aliphatic hydroxyl groups excluding tert-OH is 1. The van der Waals surface area contributed by atoms with Gasteiger partial charge >= 0.3 is 0 Å². The van der Waals surface area contributed by atoms with E-state index in [1.165, 1.54) is 13.8 Å². The van der Waals surface area contributed by atoms with Gasteiger partial charge in [0.25, 0.3) is 0 Å². The number of nitrogens with one attached hydrogen (secondary N) is 20. The molecular weight excluding hydrogens is 1740 g/mol. The van der Waals surface area contributed by atoms with Gasteiger partial charge < -0.3 is 110 Å². The fraction of sp³-hybridized carbons (Fsp3) is 0.515. The van der Waals surface area contributed by atoms with E-state index >= 15 is 28.8 Å². The van der Waals surface area contributed by atoms with Crippen LogP contribution in [0.25, 0.3) is 43.6 Å². The molecule has 4 heterocycles. The van der Waals surface area contributed by atoms with E-state index in [1.54, 1.807) is 100 Å². The summed E-state index contributed by atoms with van der Waals surface area (Å²) < 4.78 is 0. The maximum atomic E-state index is 15.6. The van der Waals surface area contributed by atoms with Crippen LogP contribution in [0.2, 0.25) is 0 Å². The highest BCUT2D eigenvalue weighted by atomic mass is 16.3. The van der Waals surface area contributed by atoms with Crippen LogP contribution < -0.4 is 85.1 Å². The van der Waals surface area contributed by atoms with Crippen molar-refractivity contribution in [2.75, 3.05) is 19.7 Å². The Bertz CT molecular complexity index is 5470. The topological polar surface area (TPSA) is 549 Å². The Balaban J connectivity index is 1.00. The molecule has 4 aromatic heterocycles. The van der Waals surface area contributed by atoms with Crippen molar-refractivity contribution in [3.8, 4) is 0 Å². The van der Waals surface area contributed by atoms with E-state index in [0.717, 1.165) is 27.4 Å². The average molecular weight is 1880 g/mol. The molecule has 21 N–H and O–H groups in total. The molecule has 0 fully saturated rings. The van der Waals surface area contributed by atoms with E-state index in [2.05, 4.69) is 105 Å². The highest BCUT2D eigenvalue weighted by Gasteiger charge is 2.41. The van der Waals surface area contributed by atoms with Crippen LogP contribution in [0.5, 0.6) is 0 Å². The van der Waals surface area contributed by atoms with Gasteiger partial charge in [0.05, 0.1) is 13.2 Å². The van der Waals surface area contributed by atoms with Crippen LogP contribution in [0.15, 0.2) is 122 Å². The molecule has 0 aliphatic heterocycles. The smallest absolute Gasteiger partial charge is 0.243 e. The average Bonchev–Trinajstić information content (AvgIpc) is 1.69. The third-order valence-corrected chi connectivity index (χ3v) is 23.6. The second-order valence-electron chi connectivity index (χ2n) is 38.2. The lowest BCUT2D eigenvalue weighted by Crippen LogP contribution is -2.62. The van der Waals surface area contributed by atoms with Crippen LogP contribution in [-0.2, 0) is 102 Å². The zero-order chi connectivity index (χ0) is 100. The zero-order valence-corrected chi connectivity index (χ0v) is 81.1. The molecule has 0 aliphatic rings. The number of amides is 16. The Morgan fingerprint density at radius 1 is 0.279 bits per heavy atom. The van der Waals surface area contributed by atoms with Crippen LogP contribution >= 0.6 is 0 Å². The van der Waals surface area contributed by atoms with Gasteiger partial charge in [-0.15, -0.1) is 0 Å². The van der Waals surface area contributed by atoms with Gasteiger partial charge in [0, 0.05) is 101 Å². The van der Waals surface area contributed by atoms with Crippen molar-refractivity contribution in [2.24, 2.45) is 47.3 Å². The third-order valence-electron chi connectivity index (χ3n) is 23.6. The summed E-state index contributed by atoms with van der Waals surface area (Å²) in [7, 11) is 0. The summed E-state index contributed by atoms with van der Waals surface area (Å²) in [6.07, 6.45) is 7.01. The second-order valence-corrected chi connectivity index (χ2v) is 38.2. The Labute approximate surface area is 793 Å². The largest absolute Gasteiger partial charge is 0.395 e. The summed E-state index contributed by atoms with van der Waals surface area (Å²) in [5.41, 5.74) is 5.50. The lowest BCUT2D eigenvalue weighted by Gasteiger charge is -2.31. The molecule has 0 saturated carbocycles. The molecule has 16 amide bonds. The number of benzene rings is 4. The van der Waals surface area contributed by atoms with E-state index < -0.39 is 197 Å². The van der Waals surface area contributed by atoms with E-state index in [-0.39, 0.29) is 94.1 Å². The number of hydrogen-bond acceptors (Lipinski definition) is 17. The second kappa shape index (κ2) is 51.3. The molecule has 0 radical (unpaired) electrons. The quantitative estimate of drug-likeness (QED) is 0.0235. The van der Waals surface area contributed by atoms with Gasteiger partial charge in [-0.1, -0.05) is 184 Å². The minimum atomic E-state index is -1.48. The van der Waals surface area contributed by atoms with Crippen molar-refractivity contribution >= 4 is 139 Å². The SMILES string of the molecule is CC(C)CC(NC(=O)C(C)NC(=O)CNC(=O)C(NC=O)C(C)C)C(=O)NC(C)C(=O)NC(C(=O)NC(C(=O)NC(C(=O)NC(Cc1c[nH]c2ccccc12)C(=O)NC(CC(C)C)C(=O)NC(Cc1c[nH]c2ccccc12)C(=O)NC(CC(C)C)C(=O)NC(Cc1c[nH]c2ccccc12)C(=O)NC(CC(C)C)C(=O)NC(Cc1c[nH]c2ccccc12)C(=O)NCCO)C(C)C)C(C)C)C(C)C. The number of hydrogen-bond donors (Lipinski definition) is 21. The maximum Gasteiger partial charge on any atom is 0.243 e. The number of aliphatic hydroxyl groups is 1. The number of aromatic nitrogens is 4. The molecule has 136 heavy (non-hydrogen) atoms. The molecule has 738 valence electrons. The molecule has 0 aliphatic carbocycles. The monoisotopic (exact) mass is 1880 g/mol. The Morgan fingerprint density at radius 2 is 0.529 bits per heavy atom. The molecule has 0 spiro atoms. The van der Waals surface area contributed by atoms with E-state index in [4.69, 9.17) is 0 Å². The number of para-hydroxylation sites is 4. The van der Waals surface area contributed by atoms with Crippen LogP contribution in [0, 0.1) is 47.3 Å². The fourth-order valence-corrected chi connectivity index (χ4v) is 16.3. The van der Waals surface area contributed by atoms with Gasteiger partial charge in [-0.05, 0) is 133 Å². The van der Waals surface area contributed by atoms with Crippen LogP contribution in [-0.4, -0.2) is 224 Å². The number of aromatic amines is 4. The third kappa shape index (κ3) is 31.3. The molecule has 4 aromatic carbocycles. The minimum Gasteiger partial charge on any atom is -0.395 e. The van der Waals surface area contributed by atoms with Crippen molar-refractivity contribution in [1.29, 1.82) is 0 Å². The van der Waals surface area contributed by atoms with Gasteiger partial charge in [-0.3, -0.25) is 76.7 Å². The van der Waals surface area contributed by atoms with E-state index in [9.17, 15) is 53.1 Å². The van der Waals surface area contributed by atoms with Gasteiger partial charge in [0.2, 0.25) is 95.0 Å². The first-order valence-electron chi connectivity index (χ1n) is 47.0. The van der Waals surface area contributed by atoms with Crippen LogP contribution in [0.3, 0.4) is 0 Å². The number of fused-ring (bicyclic) bond motifs is 4. The van der Waals surface area contributed by atoms with Crippen molar-refractivity contribution in [3.63, 3.8) is 0 Å². The number of carbonyl (C=O) groups excluding carboxylic acids is 16. The van der Waals surface area contributed by atoms with Crippen molar-refractivity contribution in [2.45, 2.75) is 261 Å². The summed E-state index contributed by atoms with van der Waals surface area (Å²) in [6, 6.07) is 11.2. The molecule has 37 nitrogen and oxygen atoms in total.